The zero-order chi connectivity index (χ0) is 22.3. The highest BCUT2D eigenvalue weighted by molar-refractivity contribution is 5.87. The smallest absolute Gasteiger partial charge is 0.411 e. The van der Waals surface area contributed by atoms with E-state index < -0.39 is 17.6 Å². The van der Waals surface area contributed by atoms with Gasteiger partial charge in [0.1, 0.15) is 17.3 Å². The Labute approximate surface area is 181 Å². The lowest BCUT2D eigenvalue weighted by Crippen LogP contribution is -2.48. The number of hydrogen-bond acceptors (Lipinski definition) is 5. The van der Waals surface area contributed by atoms with Crippen molar-refractivity contribution >= 4 is 23.0 Å². The van der Waals surface area contributed by atoms with E-state index in [1.54, 1.807) is 17.2 Å². The van der Waals surface area contributed by atoms with Crippen molar-refractivity contribution in [1.29, 1.82) is 0 Å². The molecule has 0 spiro atoms. The molecule has 0 saturated carbocycles. The van der Waals surface area contributed by atoms with Crippen LogP contribution in [0.4, 0.5) is 4.79 Å². The summed E-state index contributed by atoms with van der Waals surface area (Å²) >= 11 is 0. The Balaban J connectivity index is 1.85. The largest absolute Gasteiger partial charge is 0.464 e. The van der Waals surface area contributed by atoms with Crippen molar-refractivity contribution in [2.75, 3.05) is 7.11 Å². The summed E-state index contributed by atoms with van der Waals surface area (Å²) in [4.78, 5) is 34.6. The molecule has 0 fully saturated rings. The fourth-order valence-corrected chi connectivity index (χ4v) is 4.18. The maximum absolute atomic E-state index is 13.2. The van der Waals surface area contributed by atoms with Crippen LogP contribution in [0, 0.1) is 0 Å². The van der Waals surface area contributed by atoms with Crippen LogP contribution < -0.4 is 0 Å². The third kappa shape index (κ3) is 3.87. The normalized spacial score (nSPS) is 18.5. The molecule has 0 saturated heterocycles. The van der Waals surface area contributed by atoms with Crippen LogP contribution in [0.1, 0.15) is 61.0 Å². The first-order valence-electron chi connectivity index (χ1n) is 10.3. The fourth-order valence-electron chi connectivity index (χ4n) is 4.18. The summed E-state index contributed by atoms with van der Waals surface area (Å²) in [5, 5.41) is 1.15. The predicted octanol–water partition coefficient (Wildman–Crippen LogP) is 4.62. The van der Waals surface area contributed by atoms with E-state index in [1.807, 2.05) is 52.0 Å². The molecule has 0 bridgehead atoms. The molecule has 1 aliphatic rings. The molecule has 3 aromatic rings. The maximum Gasteiger partial charge on any atom is 0.411 e. The highest BCUT2D eigenvalue weighted by Gasteiger charge is 2.40. The SMILES string of the molecule is COC(=O)c1ccc([C@H]2c3[nH]c4ccccc4c3C[C@H](C)N2C(=O)OC(C)(C)C)cn1. The van der Waals surface area contributed by atoms with Gasteiger partial charge < -0.3 is 14.5 Å². The lowest BCUT2D eigenvalue weighted by molar-refractivity contribution is 0.00773. The Hall–Kier alpha value is -3.35. The minimum atomic E-state index is -0.616. The summed E-state index contributed by atoms with van der Waals surface area (Å²) in [5.41, 5.74) is 3.54. The topological polar surface area (TPSA) is 84.5 Å². The van der Waals surface area contributed by atoms with Gasteiger partial charge in [0.15, 0.2) is 0 Å². The summed E-state index contributed by atoms with van der Waals surface area (Å²) < 4.78 is 10.5. The van der Waals surface area contributed by atoms with Crippen molar-refractivity contribution in [3.63, 3.8) is 0 Å². The number of nitrogens with zero attached hydrogens (tertiary/aromatic N) is 2. The van der Waals surface area contributed by atoms with Crippen molar-refractivity contribution < 1.29 is 19.1 Å². The lowest BCUT2D eigenvalue weighted by Gasteiger charge is -2.41. The Morgan fingerprint density at radius 3 is 2.55 bits per heavy atom. The van der Waals surface area contributed by atoms with E-state index in [-0.39, 0.29) is 17.8 Å². The Bertz CT molecular complexity index is 1130. The highest BCUT2D eigenvalue weighted by atomic mass is 16.6. The van der Waals surface area contributed by atoms with Gasteiger partial charge in [-0.3, -0.25) is 4.90 Å². The zero-order valence-electron chi connectivity index (χ0n) is 18.4. The van der Waals surface area contributed by atoms with Gasteiger partial charge in [0.05, 0.1) is 7.11 Å². The molecule has 7 heteroatoms. The number of carbonyl (C=O) groups excluding carboxylic acids is 2. The minimum Gasteiger partial charge on any atom is -0.464 e. The number of rotatable bonds is 2. The van der Waals surface area contributed by atoms with Gasteiger partial charge in [0, 0.05) is 28.8 Å². The van der Waals surface area contributed by atoms with E-state index in [9.17, 15) is 9.59 Å². The molecule has 0 unspecified atom stereocenters. The standard InChI is InChI=1S/C24H27N3O4/c1-14-12-17-16-8-6-7-9-18(16)26-20(17)21(27(14)23(29)31-24(2,3)4)15-10-11-19(25-13-15)22(28)30-5/h6-11,13-14,21,26H,12H2,1-5H3/t14-,21-/m0/s1. The fraction of sp³-hybridized carbons (Fsp3) is 0.375. The van der Waals surface area contributed by atoms with Gasteiger partial charge in [-0.15, -0.1) is 0 Å². The summed E-state index contributed by atoms with van der Waals surface area (Å²) in [7, 11) is 1.32. The van der Waals surface area contributed by atoms with Gasteiger partial charge in [-0.25, -0.2) is 14.6 Å². The molecule has 1 amide bonds. The third-order valence-electron chi connectivity index (χ3n) is 5.47. The Morgan fingerprint density at radius 2 is 1.90 bits per heavy atom. The number of carbonyl (C=O) groups is 2. The van der Waals surface area contributed by atoms with E-state index >= 15 is 0 Å². The van der Waals surface area contributed by atoms with Crippen molar-refractivity contribution in [2.45, 2.75) is 51.8 Å². The second-order valence-electron chi connectivity index (χ2n) is 8.87. The quantitative estimate of drug-likeness (QED) is 0.610. The predicted molar refractivity (Wildman–Crippen MR) is 117 cm³/mol. The number of H-pyrrole nitrogens is 1. The first-order valence-corrected chi connectivity index (χ1v) is 10.3. The van der Waals surface area contributed by atoms with Gasteiger partial charge in [0.25, 0.3) is 0 Å². The second kappa shape index (κ2) is 7.72. The van der Waals surface area contributed by atoms with Gasteiger partial charge in [-0.05, 0) is 57.4 Å². The number of nitrogens with one attached hydrogen (secondary N) is 1. The van der Waals surface area contributed by atoms with Crippen molar-refractivity contribution in [3.05, 3.63) is 65.1 Å². The molecule has 162 valence electrons. The summed E-state index contributed by atoms with van der Waals surface area (Å²) in [6, 6.07) is 11.1. The Morgan fingerprint density at radius 1 is 1.16 bits per heavy atom. The molecule has 4 rings (SSSR count). The first-order chi connectivity index (χ1) is 14.7. The van der Waals surface area contributed by atoms with E-state index in [0.717, 1.165) is 22.2 Å². The van der Waals surface area contributed by atoms with Crippen molar-refractivity contribution in [1.82, 2.24) is 14.9 Å². The van der Waals surface area contributed by atoms with Crippen LogP contribution in [0.25, 0.3) is 10.9 Å². The number of pyridine rings is 1. The van der Waals surface area contributed by atoms with Crippen LogP contribution in [0.3, 0.4) is 0 Å². The average molecular weight is 421 g/mol. The second-order valence-corrected chi connectivity index (χ2v) is 8.87. The number of ether oxygens (including phenoxy) is 2. The number of amides is 1. The van der Waals surface area contributed by atoms with E-state index in [4.69, 9.17) is 9.47 Å². The number of para-hydroxylation sites is 1. The molecule has 2 atom stereocenters. The van der Waals surface area contributed by atoms with E-state index in [1.165, 1.54) is 12.7 Å². The number of aromatic nitrogens is 2. The molecule has 1 aliphatic heterocycles. The van der Waals surface area contributed by atoms with Crippen molar-refractivity contribution in [3.8, 4) is 0 Å². The summed E-state index contributed by atoms with van der Waals surface area (Å²) in [6.45, 7) is 7.60. The summed E-state index contributed by atoms with van der Waals surface area (Å²) in [5.74, 6) is -0.501. The van der Waals surface area contributed by atoms with Gasteiger partial charge in [-0.1, -0.05) is 24.3 Å². The number of esters is 1. The molecule has 2 aromatic heterocycles. The highest BCUT2D eigenvalue weighted by Crippen LogP contribution is 2.41. The van der Waals surface area contributed by atoms with Crippen LogP contribution in [-0.4, -0.2) is 45.7 Å². The molecule has 1 aromatic carbocycles. The van der Waals surface area contributed by atoms with Gasteiger partial charge in [-0.2, -0.15) is 0 Å². The number of methoxy groups -OCH3 is 1. The molecule has 1 N–H and O–H groups in total. The molecular weight excluding hydrogens is 394 g/mol. The van der Waals surface area contributed by atoms with Crippen LogP contribution in [-0.2, 0) is 15.9 Å². The number of aromatic amines is 1. The maximum atomic E-state index is 13.2. The van der Waals surface area contributed by atoms with Crippen LogP contribution in [0.5, 0.6) is 0 Å². The lowest BCUT2D eigenvalue weighted by atomic mass is 9.89. The van der Waals surface area contributed by atoms with Crippen LogP contribution in [0.15, 0.2) is 42.6 Å². The number of hydrogen-bond donors (Lipinski definition) is 1. The monoisotopic (exact) mass is 421 g/mol. The Kier molecular flexibility index (Phi) is 5.21. The van der Waals surface area contributed by atoms with E-state index in [2.05, 4.69) is 16.0 Å². The first kappa shape index (κ1) is 20.9. The number of fused-ring (bicyclic) bond motifs is 3. The van der Waals surface area contributed by atoms with Gasteiger partial charge in [0.2, 0.25) is 0 Å². The minimum absolute atomic E-state index is 0.0909. The van der Waals surface area contributed by atoms with Crippen molar-refractivity contribution in [2.24, 2.45) is 0 Å². The zero-order valence-corrected chi connectivity index (χ0v) is 18.4. The molecule has 3 heterocycles. The molecule has 7 nitrogen and oxygen atoms in total. The van der Waals surface area contributed by atoms with Crippen LogP contribution >= 0.6 is 0 Å². The number of benzene rings is 1. The van der Waals surface area contributed by atoms with E-state index in [0.29, 0.717) is 6.42 Å². The third-order valence-corrected chi connectivity index (χ3v) is 5.47. The van der Waals surface area contributed by atoms with Crippen LogP contribution in [0.2, 0.25) is 0 Å². The molecule has 0 radical (unpaired) electrons. The molecule has 31 heavy (non-hydrogen) atoms. The molecular formula is C24H27N3O4. The van der Waals surface area contributed by atoms with Gasteiger partial charge >= 0.3 is 12.1 Å². The molecule has 0 aliphatic carbocycles. The average Bonchev–Trinajstić information content (AvgIpc) is 3.09. The summed E-state index contributed by atoms with van der Waals surface area (Å²) in [6.07, 6.45) is 1.95.